The molecule has 0 aromatic heterocycles. The van der Waals surface area contributed by atoms with Crippen LogP contribution in [0.5, 0.6) is 0 Å². The molecule has 3 atom stereocenters. The average molecular weight is 374 g/mol. The molecule has 5 nitrogen and oxygen atoms in total. The summed E-state index contributed by atoms with van der Waals surface area (Å²) in [6, 6.07) is 7.81. The van der Waals surface area contributed by atoms with Gasteiger partial charge in [0.15, 0.2) is 0 Å². The first-order valence-electron chi connectivity index (χ1n) is 9.55. The van der Waals surface area contributed by atoms with E-state index in [0.717, 1.165) is 11.1 Å². The van der Waals surface area contributed by atoms with Crippen molar-refractivity contribution in [3.63, 3.8) is 0 Å². The summed E-state index contributed by atoms with van der Waals surface area (Å²) >= 11 is 0. The third-order valence-electron chi connectivity index (χ3n) is 5.46. The Balaban J connectivity index is 2.06. The first-order valence-corrected chi connectivity index (χ1v) is 9.55. The molecule has 0 heterocycles. The fraction of sp³-hybridized carbons (Fsp3) is 0.545. The van der Waals surface area contributed by atoms with Crippen molar-refractivity contribution in [1.82, 2.24) is 0 Å². The normalized spacial score (nSPS) is 23.3. The first kappa shape index (κ1) is 21.3. The van der Waals surface area contributed by atoms with Crippen molar-refractivity contribution >= 4 is 11.8 Å². The molecule has 1 aromatic carbocycles. The van der Waals surface area contributed by atoms with Crippen LogP contribution in [-0.2, 0) is 15.0 Å². The summed E-state index contributed by atoms with van der Waals surface area (Å²) in [6.45, 7) is 3.98. The second-order valence-electron chi connectivity index (χ2n) is 8.03. The number of benzene rings is 1. The number of carbonyl (C=O) groups is 2. The molecule has 5 heteroatoms. The van der Waals surface area contributed by atoms with E-state index in [0.29, 0.717) is 19.3 Å². The Labute approximate surface area is 160 Å². The maximum atomic E-state index is 12.3. The van der Waals surface area contributed by atoms with E-state index in [1.54, 1.807) is 0 Å². The molecule has 1 aliphatic rings. The fourth-order valence-electron chi connectivity index (χ4n) is 3.67. The molecular weight excluding hydrogens is 344 g/mol. The summed E-state index contributed by atoms with van der Waals surface area (Å²) in [5.41, 5.74) is 1.62. The zero-order chi connectivity index (χ0) is 20.0. The van der Waals surface area contributed by atoms with Gasteiger partial charge in [0.1, 0.15) is 5.78 Å². The van der Waals surface area contributed by atoms with Gasteiger partial charge in [-0.2, -0.15) is 0 Å². The van der Waals surface area contributed by atoms with Crippen LogP contribution in [0.3, 0.4) is 0 Å². The second-order valence-corrected chi connectivity index (χ2v) is 8.03. The molecule has 0 unspecified atom stereocenters. The number of aliphatic carboxylic acids is 1. The predicted molar refractivity (Wildman–Crippen MR) is 104 cm³/mol. The topological polar surface area (TPSA) is 94.8 Å². The number of allylic oxidation sites excluding steroid dienone is 2. The van der Waals surface area contributed by atoms with Crippen molar-refractivity contribution in [2.75, 3.05) is 6.61 Å². The minimum absolute atomic E-state index is 0.0478. The molecule has 148 valence electrons. The van der Waals surface area contributed by atoms with Gasteiger partial charge in [-0.15, -0.1) is 0 Å². The molecule has 1 fully saturated rings. The fourth-order valence-corrected chi connectivity index (χ4v) is 3.67. The van der Waals surface area contributed by atoms with Crippen LogP contribution in [0.2, 0.25) is 0 Å². The van der Waals surface area contributed by atoms with E-state index in [2.05, 4.69) is 0 Å². The van der Waals surface area contributed by atoms with Crippen LogP contribution in [0.25, 0.3) is 0 Å². The summed E-state index contributed by atoms with van der Waals surface area (Å²) < 4.78 is 0. The van der Waals surface area contributed by atoms with E-state index in [4.69, 9.17) is 5.11 Å². The van der Waals surface area contributed by atoms with Gasteiger partial charge in [-0.3, -0.25) is 9.59 Å². The van der Waals surface area contributed by atoms with Crippen molar-refractivity contribution in [3.05, 3.63) is 47.5 Å². The zero-order valence-corrected chi connectivity index (χ0v) is 16.1. The summed E-state index contributed by atoms with van der Waals surface area (Å²) in [7, 11) is 0. The molecule has 0 radical (unpaired) electrons. The van der Waals surface area contributed by atoms with Gasteiger partial charge in [0.25, 0.3) is 0 Å². The number of Topliss-reactive ketones (excluding diaryl/α,β-unsaturated/α-hetero) is 1. The molecule has 0 aliphatic heterocycles. The van der Waals surface area contributed by atoms with E-state index in [9.17, 15) is 19.8 Å². The lowest BCUT2D eigenvalue weighted by atomic mass is 9.81. The number of aliphatic hydroxyl groups is 2. The molecular formula is C22H30O5. The van der Waals surface area contributed by atoms with Gasteiger partial charge >= 0.3 is 5.97 Å². The number of carboxylic acids is 1. The summed E-state index contributed by atoms with van der Waals surface area (Å²) in [6.07, 6.45) is 5.29. The molecule has 2 rings (SSSR count). The van der Waals surface area contributed by atoms with Gasteiger partial charge in [0.2, 0.25) is 0 Å². The Morgan fingerprint density at radius 1 is 1.22 bits per heavy atom. The number of hydrogen-bond donors (Lipinski definition) is 3. The minimum atomic E-state index is -0.801. The van der Waals surface area contributed by atoms with E-state index >= 15 is 0 Å². The third kappa shape index (κ3) is 5.50. The highest BCUT2D eigenvalue weighted by molar-refractivity contribution is 5.85. The Morgan fingerprint density at radius 3 is 2.48 bits per heavy atom. The molecule has 1 aliphatic carbocycles. The van der Waals surface area contributed by atoms with Crippen molar-refractivity contribution in [3.8, 4) is 0 Å². The molecule has 0 saturated heterocycles. The highest BCUT2D eigenvalue weighted by atomic mass is 16.4. The van der Waals surface area contributed by atoms with E-state index in [1.807, 2.05) is 50.3 Å². The lowest BCUT2D eigenvalue weighted by Crippen LogP contribution is -2.22. The van der Waals surface area contributed by atoms with Crippen LogP contribution in [0.1, 0.15) is 63.0 Å². The lowest BCUT2D eigenvalue weighted by Gasteiger charge is -2.25. The Morgan fingerprint density at radius 2 is 1.89 bits per heavy atom. The molecule has 27 heavy (non-hydrogen) atoms. The highest BCUT2D eigenvalue weighted by Crippen LogP contribution is 2.40. The van der Waals surface area contributed by atoms with Gasteiger partial charge in [0.05, 0.1) is 12.7 Å². The molecule has 3 N–H and O–H groups in total. The number of unbranched alkanes of at least 4 members (excludes halogenated alkanes) is 1. The zero-order valence-electron chi connectivity index (χ0n) is 16.1. The molecule has 0 amide bonds. The van der Waals surface area contributed by atoms with Crippen LogP contribution in [0.15, 0.2) is 36.4 Å². The Bertz CT molecular complexity index is 674. The van der Waals surface area contributed by atoms with E-state index in [-0.39, 0.29) is 42.5 Å². The monoisotopic (exact) mass is 374 g/mol. The Kier molecular flexibility index (Phi) is 7.33. The van der Waals surface area contributed by atoms with Gasteiger partial charge in [0, 0.05) is 30.1 Å². The van der Waals surface area contributed by atoms with Crippen molar-refractivity contribution in [1.29, 1.82) is 0 Å². The van der Waals surface area contributed by atoms with Crippen LogP contribution in [0, 0.1) is 5.92 Å². The quantitative estimate of drug-likeness (QED) is 0.456. The van der Waals surface area contributed by atoms with Gasteiger partial charge in [-0.25, -0.2) is 0 Å². The number of aliphatic hydroxyl groups excluding tert-OH is 2. The largest absolute Gasteiger partial charge is 0.481 e. The van der Waals surface area contributed by atoms with Crippen molar-refractivity contribution in [2.24, 2.45) is 5.92 Å². The van der Waals surface area contributed by atoms with Crippen LogP contribution >= 0.6 is 0 Å². The first-order chi connectivity index (χ1) is 12.8. The number of ketones is 1. The van der Waals surface area contributed by atoms with Crippen LogP contribution < -0.4 is 0 Å². The SMILES string of the molecule is CC(C)(CO)c1ccc([C@H]2[C@H](O)CC(=O)[C@@H]2C/C=C\CCCC(=O)O)cc1. The molecule has 0 spiro atoms. The maximum Gasteiger partial charge on any atom is 0.303 e. The summed E-state index contributed by atoms with van der Waals surface area (Å²) in [4.78, 5) is 22.9. The van der Waals surface area contributed by atoms with Crippen LogP contribution in [-0.4, -0.2) is 39.8 Å². The standard InChI is InChI=1S/C22H30O5/c1-22(2,14-23)16-11-9-15(10-12-16)21-17(18(24)13-19(21)25)7-5-3-4-6-8-20(26)27/h3,5,9-12,17,19,21,23,25H,4,6-8,13-14H2,1-2H3,(H,26,27)/b5-3-/t17-,19+,21+/m0/s1. The lowest BCUT2D eigenvalue weighted by molar-refractivity contribution is -0.137. The predicted octanol–water partition coefficient (Wildman–Crippen LogP) is 3.19. The van der Waals surface area contributed by atoms with E-state index < -0.39 is 12.1 Å². The van der Waals surface area contributed by atoms with Gasteiger partial charge in [-0.05, 0) is 30.4 Å². The second kappa shape index (κ2) is 9.29. The van der Waals surface area contributed by atoms with Gasteiger partial charge < -0.3 is 15.3 Å². The number of carboxylic acid groups (broad SMARTS) is 1. The maximum absolute atomic E-state index is 12.3. The molecule has 1 saturated carbocycles. The molecule has 0 bridgehead atoms. The van der Waals surface area contributed by atoms with E-state index in [1.165, 1.54) is 0 Å². The number of hydrogen-bond acceptors (Lipinski definition) is 4. The van der Waals surface area contributed by atoms with Crippen molar-refractivity contribution in [2.45, 2.75) is 63.4 Å². The van der Waals surface area contributed by atoms with Gasteiger partial charge in [-0.1, -0.05) is 50.3 Å². The third-order valence-corrected chi connectivity index (χ3v) is 5.46. The van der Waals surface area contributed by atoms with Crippen LogP contribution in [0.4, 0.5) is 0 Å². The average Bonchev–Trinajstić information content (AvgIpc) is 2.91. The van der Waals surface area contributed by atoms with Crippen molar-refractivity contribution < 1.29 is 24.9 Å². The summed E-state index contributed by atoms with van der Waals surface area (Å²) in [5.74, 6) is -1.22. The Hall–Kier alpha value is -1.98. The highest BCUT2D eigenvalue weighted by Gasteiger charge is 2.41. The number of carbonyl (C=O) groups excluding carboxylic acids is 1. The number of rotatable bonds is 9. The molecule has 1 aromatic rings. The smallest absolute Gasteiger partial charge is 0.303 e. The summed E-state index contributed by atoms with van der Waals surface area (Å²) in [5, 5.41) is 28.6. The minimum Gasteiger partial charge on any atom is -0.481 e.